The molecule has 0 bridgehead atoms. The summed E-state index contributed by atoms with van der Waals surface area (Å²) in [6, 6.07) is 9.83. The van der Waals surface area contributed by atoms with E-state index in [9.17, 15) is 4.79 Å². The summed E-state index contributed by atoms with van der Waals surface area (Å²) >= 11 is 5.11. The van der Waals surface area contributed by atoms with Gasteiger partial charge in [0, 0.05) is 23.3 Å². The number of thiophene rings is 1. The van der Waals surface area contributed by atoms with Crippen LogP contribution in [0.2, 0.25) is 0 Å². The quantitative estimate of drug-likeness (QED) is 0.607. The summed E-state index contributed by atoms with van der Waals surface area (Å²) in [6.07, 6.45) is 1.67. The highest BCUT2D eigenvalue weighted by atomic mass is 79.9. The van der Waals surface area contributed by atoms with E-state index < -0.39 is 0 Å². The van der Waals surface area contributed by atoms with E-state index >= 15 is 0 Å². The minimum atomic E-state index is 0.0401. The maximum absolute atomic E-state index is 12.8. The van der Waals surface area contributed by atoms with Crippen molar-refractivity contribution in [2.75, 3.05) is 7.05 Å². The summed E-state index contributed by atoms with van der Waals surface area (Å²) in [5, 5.41) is 0. The van der Waals surface area contributed by atoms with Gasteiger partial charge in [-0.05, 0) is 60.1 Å². The van der Waals surface area contributed by atoms with Crippen molar-refractivity contribution in [2.24, 2.45) is 0 Å². The third-order valence-corrected chi connectivity index (χ3v) is 5.68. The van der Waals surface area contributed by atoms with E-state index in [0.717, 1.165) is 31.4 Å². The summed E-state index contributed by atoms with van der Waals surface area (Å²) in [7, 11) is 1.84. The molecule has 0 aliphatic rings. The molecule has 0 saturated heterocycles. The van der Waals surface area contributed by atoms with Crippen LogP contribution < -0.4 is 0 Å². The maximum Gasteiger partial charge on any atom is 0.255 e. The molecule has 0 atom stereocenters. The van der Waals surface area contributed by atoms with Gasteiger partial charge in [0.1, 0.15) is 5.76 Å². The Morgan fingerprint density at radius 1 is 1.33 bits per heavy atom. The van der Waals surface area contributed by atoms with Crippen molar-refractivity contribution in [3.63, 3.8) is 0 Å². The van der Waals surface area contributed by atoms with E-state index in [2.05, 4.69) is 20.5 Å². The zero-order valence-electron chi connectivity index (χ0n) is 13.9. The maximum atomic E-state index is 12.8. The highest BCUT2D eigenvalue weighted by Gasteiger charge is 2.20. The first-order valence-electron chi connectivity index (χ1n) is 7.64. The first-order valence-corrected chi connectivity index (χ1v) is 9.25. The number of hydrogen-bond acceptors (Lipinski definition) is 3. The SMILES string of the molecule is Cc1cc(C(=O)N(C)Cc2ccc(Br)s2)c(C)n1Cc1ccco1. The predicted molar refractivity (Wildman–Crippen MR) is 99.5 cm³/mol. The molecule has 0 spiro atoms. The molecule has 126 valence electrons. The van der Waals surface area contributed by atoms with Gasteiger partial charge in [0.15, 0.2) is 0 Å². The fourth-order valence-electron chi connectivity index (χ4n) is 2.77. The number of rotatable bonds is 5. The van der Waals surface area contributed by atoms with E-state index in [4.69, 9.17) is 4.42 Å². The monoisotopic (exact) mass is 406 g/mol. The average molecular weight is 407 g/mol. The molecular formula is C18H19BrN2O2S. The molecule has 3 rings (SSSR count). The highest BCUT2D eigenvalue weighted by Crippen LogP contribution is 2.24. The van der Waals surface area contributed by atoms with Crippen LogP contribution >= 0.6 is 27.3 Å². The number of carbonyl (C=O) groups excluding carboxylic acids is 1. The number of aryl methyl sites for hydroxylation is 1. The summed E-state index contributed by atoms with van der Waals surface area (Å²) in [6.45, 7) is 5.25. The van der Waals surface area contributed by atoms with Crippen LogP contribution in [0, 0.1) is 13.8 Å². The molecule has 0 aliphatic carbocycles. The van der Waals surface area contributed by atoms with Crippen LogP contribution in [0.5, 0.6) is 0 Å². The second-order valence-electron chi connectivity index (χ2n) is 5.82. The smallest absolute Gasteiger partial charge is 0.255 e. The van der Waals surface area contributed by atoms with Crippen molar-refractivity contribution in [3.8, 4) is 0 Å². The molecular weight excluding hydrogens is 388 g/mol. The van der Waals surface area contributed by atoms with Crippen molar-refractivity contribution < 1.29 is 9.21 Å². The normalized spacial score (nSPS) is 11.0. The van der Waals surface area contributed by atoms with Crippen LogP contribution in [-0.2, 0) is 13.1 Å². The van der Waals surface area contributed by atoms with Crippen LogP contribution in [0.1, 0.15) is 32.4 Å². The summed E-state index contributed by atoms with van der Waals surface area (Å²) < 4.78 is 8.62. The summed E-state index contributed by atoms with van der Waals surface area (Å²) in [5.74, 6) is 0.922. The Kier molecular flexibility index (Phi) is 4.96. The van der Waals surface area contributed by atoms with E-state index in [-0.39, 0.29) is 5.91 Å². The second-order valence-corrected chi connectivity index (χ2v) is 8.36. The Hall–Kier alpha value is -1.79. The van der Waals surface area contributed by atoms with Gasteiger partial charge in [-0.15, -0.1) is 11.3 Å². The van der Waals surface area contributed by atoms with Crippen molar-refractivity contribution in [1.82, 2.24) is 9.47 Å². The molecule has 1 amide bonds. The number of aromatic nitrogens is 1. The molecule has 0 fully saturated rings. The second kappa shape index (κ2) is 6.99. The van der Waals surface area contributed by atoms with Crippen LogP contribution in [0.4, 0.5) is 0 Å². The minimum Gasteiger partial charge on any atom is -0.467 e. The van der Waals surface area contributed by atoms with Crippen molar-refractivity contribution in [3.05, 3.63) is 68.0 Å². The molecule has 0 saturated carbocycles. The lowest BCUT2D eigenvalue weighted by Gasteiger charge is -2.16. The topological polar surface area (TPSA) is 38.4 Å². The van der Waals surface area contributed by atoms with Gasteiger partial charge in [0.2, 0.25) is 0 Å². The molecule has 0 aliphatic heterocycles. The lowest BCUT2D eigenvalue weighted by molar-refractivity contribution is 0.0785. The van der Waals surface area contributed by atoms with Crippen molar-refractivity contribution in [1.29, 1.82) is 0 Å². The third-order valence-electron chi connectivity index (χ3n) is 4.07. The molecule has 3 aromatic rings. The first-order chi connectivity index (χ1) is 11.5. The Morgan fingerprint density at radius 2 is 2.12 bits per heavy atom. The number of halogens is 1. The minimum absolute atomic E-state index is 0.0401. The van der Waals surface area contributed by atoms with E-state index in [1.54, 1.807) is 22.5 Å². The number of furan rings is 1. The average Bonchev–Trinajstić information content (AvgIpc) is 3.25. The summed E-state index contributed by atoms with van der Waals surface area (Å²) in [4.78, 5) is 15.7. The molecule has 3 heterocycles. The van der Waals surface area contributed by atoms with Crippen molar-refractivity contribution >= 4 is 33.2 Å². The molecule has 0 aromatic carbocycles. The number of carbonyl (C=O) groups is 1. The van der Waals surface area contributed by atoms with Gasteiger partial charge in [-0.3, -0.25) is 4.79 Å². The number of nitrogens with zero attached hydrogens (tertiary/aromatic N) is 2. The van der Waals surface area contributed by atoms with E-state index in [1.165, 1.54) is 0 Å². The van der Waals surface area contributed by atoms with Gasteiger partial charge in [-0.1, -0.05) is 0 Å². The van der Waals surface area contributed by atoms with Crippen LogP contribution in [0.3, 0.4) is 0 Å². The molecule has 0 N–H and O–H groups in total. The molecule has 3 aromatic heterocycles. The number of hydrogen-bond donors (Lipinski definition) is 0. The Labute approximate surface area is 153 Å². The molecule has 4 nitrogen and oxygen atoms in total. The fourth-order valence-corrected chi connectivity index (χ4v) is 4.30. The zero-order chi connectivity index (χ0) is 17.3. The van der Waals surface area contributed by atoms with Gasteiger partial charge in [0.25, 0.3) is 5.91 Å². The number of amides is 1. The molecule has 0 radical (unpaired) electrons. The van der Waals surface area contributed by atoms with Gasteiger partial charge < -0.3 is 13.9 Å². The van der Waals surface area contributed by atoms with Gasteiger partial charge in [0.05, 0.1) is 28.7 Å². The summed E-state index contributed by atoms with van der Waals surface area (Å²) in [5.41, 5.74) is 2.77. The lowest BCUT2D eigenvalue weighted by Crippen LogP contribution is -2.26. The lowest BCUT2D eigenvalue weighted by atomic mass is 10.2. The standard InChI is InChI=1S/C18H19BrN2O2S/c1-12-9-16(13(2)21(12)10-14-5-4-8-23-14)18(22)20(3)11-15-6-7-17(19)24-15/h4-9H,10-11H2,1-3H3. The molecule has 6 heteroatoms. The third kappa shape index (κ3) is 3.49. The predicted octanol–water partition coefficient (Wildman–Crippen LogP) is 4.84. The zero-order valence-corrected chi connectivity index (χ0v) is 16.3. The van der Waals surface area contributed by atoms with Crippen LogP contribution in [0.15, 0.2) is 44.8 Å². The largest absolute Gasteiger partial charge is 0.467 e. The van der Waals surface area contributed by atoms with Gasteiger partial charge >= 0.3 is 0 Å². The first kappa shape index (κ1) is 17.0. The van der Waals surface area contributed by atoms with Crippen LogP contribution in [-0.4, -0.2) is 22.4 Å². The fraction of sp³-hybridized carbons (Fsp3) is 0.278. The van der Waals surface area contributed by atoms with Gasteiger partial charge in [-0.25, -0.2) is 0 Å². The van der Waals surface area contributed by atoms with Gasteiger partial charge in [-0.2, -0.15) is 0 Å². The Morgan fingerprint density at radius 3 is 2.75 bits per heavy atom. The van der Waals surface area contributed by atoms with Crippen LogP contribution in [0.25, 0.3) is 0 Å². The van der Waals surface area contributed by atoms with Crippen molar-refractivity contribution in [2.45, 2.75) is 26.9 Å². The Bertz CT molecular complexity index is 849. The van der Waals surface area contributed by atoms with E-state index in [1.807, 2.05) is 51.2 Å². The van der Waals surface area contributed by atoms with E-state index in [0.29, 0.717) is 13.1 Å². The highest BCUT2D eigenvalue weighted by molar-refractivity contribution is 9.11. The Balaban J connectivity index is 1.79. The molecule has 24 heavy (non-hydrogen) atoms. The molecule has 0 unspecified atom stereocenters.